The van der Waals surface area contributed by atoms with Gasteiger partial charge < -0.3 is 54.6 Å². The third-order valence-corrected chi connectivity index (χ3v) is 11.9. The van der Waals surface area contributed by atoms with Crippen LogP contribution in [-0.4, -0.2) is 104 Å². The van der Waals surface area contributed by atoms with E-state index in [2.05, 4.69) is 31.2 Å². The van der Waals surface area contributed by atoms with Crippen molar-refractivity contribution >= 4 is 51.9 Å². The van der Waals surface area contributed by atoms with Crippen molar-refractivity contribution in [3.05, 3.63) is 114 Å². The van der Waals surface area contributed by atoms with Crippen molar-refractivity contribution in [2.24, 2.45) is 16.1 Å². The Morgan fingerprint density at radius 2 is 1.54 bits per heavy atom. The zero-order chi connectivity index (χ0) is 50.3. The average Bonchev–Trinajstić information content (AvgIpc) is 3.77. The standard InChI is InChI=1S/C52H61N7O11/c1-31-11-10-12-33(3)70-48(62)27-42(34-15-19-38(60)20-16-34)55-51(64)44(24-35-28-53-41-14-9-8-13-40(35)41)59(4)52(65)43(56-50(63)32(2)23-31)29-54-47(61)30-69-39-21-17-36(18-22-39)57-58-37-25-45(66-5)49(68-7)46(26-37)67-6/h8-9,11,13-22,25-26,28,32-33,42-44,53,60H,10,12,23-24,27,29-30H2,1-7H3,(H,54,61)(H,55,64)(H,56,63)/b31-11+,58-57?/t32-,33-,42+,43-,44+/m0/s1. The molecule has 0 radical (unpaired) electrons. The summed E-state index contributed by atoms with van der Waals surface area (Å²) in [5, 5.41) is 28.0. The largest absolute Gasteiger partial charge is 0.508 e. The maximum absolute atomic E-state index is 14.8. The second-order valence-electron chi connectivity index (χ2n) is 17.2. The number of phenolic OH excluding ortho intramolecular Hbond substituents is 1. The lowest BCUT2D eigenvalue weighted by Gasteiger charge is -2.32. The number of aromatic nitrogens is 1. The van der Waals surface area contributed by atoms with E-state index in [1.165, 1.54) is 45.4 Å². The number of nitrogens with zero attached hydrogens (tertiary/aromatic N) is 3. The molecule has 18 nitrogen and oxygen atoms in total. The summed E-state index contributed by atoms with van der Waals surface area (Å²) in [5.74, 6) is -1.76. The normalized spacial score (nSPS) is 20.8. The van der Waals surface area contributed by atoms with Crippen molar-refractivity contribution in [1.82, 2.24) is 25.8 Å². The number of phenols is 1. The molecular formula is C52H61N7O11. The van der Waals surface area contributed by atoms with Crippen LogP contribution in [0.4, 0.5) is 11.4 Å². The zero-order valence-corrected chi connectivity index (χ0v) is 40.4. The number of fused-ring (bicyclic) bond motifs is 1. The minimum absolute atomic E-state index is 0.00205. The van der Waals surface area contributed by atoms with E-state index < -0.39 is 66.4 Å². The Hall–Kier alpha value is -7.89. The summed E-state index contributed by atoms with van der Waals surface area (Å²) in [4.78, 5) is 74.7. The molecule has 5 N–H and O–H groups in total. The van der Waals surface area contributed by atoms with Gasteiger partial charge in [-0.15, -0.1) is 0 Å². The van der Waals surface area contributed by atoms with Crippen LogP contribution in [0.3, 0.4) is 0 Å². The number of benzene rings is 4. The van der Waals surface area contributed by atoms with Gasteiger partial charge in [-0.3, -0.25) is 24.0 Å². The number of hydrogen-bond acceptors (Lipinski definition) is 13. The van der Waals surface area contributed by atoms with Crippen molar-refractivity contribution in [1.29, 1.82) is 0 Å². The van der Waals surface area contributed by atoms with Gasteiger partial charge in [0.1, 0.15) is 23.6 Å². The maximum atomic E-state index is 14.8. The molecule has 1 aliphatic heterocycles. The molecule has 0 aliphatic carbocycles. The number of aromatic amines is 1. The first-order valence-electron chi connectivity index (χ1n) is 22.9. The molecule has 0 fully saturated rings. The number of esters is 1. The summed E-state index contributed by atoms with van der Waals surface area (Å²) in [7, 11) is 5.98. The van der Waals surface area contributed by atoms with Crippen LogP contribution >= 0.6 is 0 Å². The Morgan fingerprint density at radius 3 is 2.23 bits per heavy atom. The Morgan fingerprint density at radius 1 is 0.857 bits per heavy atom. The van der Waals surface area contributed by atoms with Crippen molar-refractivity contribution in [3.63, 3.8) is 0 Å². The molecule has 6 rings (SSSR count). The number of carbonyl (C=O) groups excluding carboxylic acids is 5. The SMILES string of the molecule is COc1cc(N=Nc2ccc(OCC(=O)NC[C@@H]3NC(=O)[C@@H](C)C/C(C)=C/CC[C@H](C)OC(=O)C[C@H](c4ccc(O)cc4)NC(=O)[C@@H](Cc4c[nH]c5ccccc45)N(C)C3=O)cc2)cc(OC)c1OC. The number of hydrogen-bond donors (Lipinski definition) is 5. The van der Waals surface area contributed by atoms with Crippen LogP contribution in [0.15, 0.2) is 113 Å². The Balaban J connectivity index is 1.22. The van der Waals surface area contributed by atoms with Gasteiger partial charge in [0.15, 0.2) is 18.1 Å². The van der Waals surface area contributed by atoms with Crippen LogP contribution in [0.1, 0.15) is 63.6 Å². The van der Waals surface area contributed by atoms with Crippen molar-refractivity contribution in [3.8, 4) is 28.7 Å². The molecule has 0 saturated heterocycles. The minimum atomic E-state index is -1.31. The average molecular weight is 960 g/mol. The van der Waals surface area contributed by atoms with Gasteiger partial charge in [-0.1, -0.05) is 48.9 Å². The van der Waals surface area contributed by atoms with Gasteiger partial charge >= 0.3 is 5.97 Å². The quantitative estimate of drug-likeness (QED) is 0.0446. The minimum Gasteiger partial charge on any atom is -0.508 e. The molecule has 1 aliphatic rings. The number of para-hydroxylation sites is 1. The summed E-state index contributed by atoms with van der Waals surface area (Å²) >= 11 is 0. The third kappa shape index (κ3) is 13.9. The molecular weight excluding hydrogens is 899 g/mol. The number of nitrogens with one attached hydrogen (secondary N) is 4. The summed E-state index contributed by atoms with van der Waals surface area (Å²) in [5.41, 5.74) is 3.97. The Bertz CT molecular complexity index is 2660. The van der Waals surface area contributed by atoms with E-state index in [4.69, 9.17) is 23.7 Å². The molecule has 370 valence electrons. The molecule has 70 heavy (non-hydrogen) atoms. The molecule has 4 aromatic carbocycles. The fraction of sp³-hybridized carbons (Fsp3) is 0.365. The van der Waals surface area contributed by atoms with Crippen molar-refractivity contribution < 1.29 is 52.8 Å². The van der Waals surface area contributed by atoms with Gasteiger partial charge in [0, 0.05) is 55.2 Å². The number of aromatic hydroxyl groups is 1. The fourth-order valence-electron chi connectivity index (χ4n) is 8.04. The summed E-state index contributed by atoms with van der Waals surface area (Å²) in [6, 6.07) is 20.1. The number of methoxy groups -OCH3 is 3. The monoisotopic (exact) mass is 959 g/mol. The van der Waals surface area contributed by atoms with Gasteiger partial charge in [0.05, 0.1) is 51.3 Å². The van der Waals surface area contributed by atoms with Gasteiger partial charge in [-0.2, -0.15) is 10.2 Å². The number of H-pyrrole nitrogens is 1. The first-order chi connectivity index (χ1) is 33.6. The number of likely N-dealkylation sites (N-methyl/N-ethyl adjacent to an activating group) is 1. The lowest BCUT2D eigenvalue weighted by Crippen LogP contribution is -2.58. The van der Waals surface area contributed by atoms with Crippen LogP contribution in [0, 0.1) is 5.92 Å². The summed E-state index contributed by atoms with van der Waals surface area (Å²) in [6.07, 6.45) is 4.60. The first kappa shape index (κ1) is 51.5. The summed E-state index contributed by atoms with van der Waals surface area (Å²) in [6.45, 7) is 4.69. The number of amides is 4. The highest BCUT2D eigenvalue weighted by molar-refractivity contribution is 5.94. The van der Waals surface area contributed by atoms with E-state index in [0.717, 1.165) is 22.0 Å². The first-order valence-corrected chi connectivity index (χ1v) is 22.9. The van der Waals surface area contributed by atoms with E-state index >= 15 is 0 Å². The molecule has 18 heteroatoms. The number of carbonyl (C=O) groups is 5. The molecule has 0 unspecified atom stereocenters. The molecule has 0 saturated carbocycles. The highest BCUT2D eigenvalue weighted by atomic mass is 16.5. The molecule has 4 amide bonds. The second kappa shape index (κ2) is 24.4. The lowest BCUT2D eigenvalue weighted by molar-refractivity contribution is -0.149. The second-order valence-corrected chi connectivity index (χ2v) is 17.2. The molecule has 0 bridgehead atoms. The molecule has 5 atom stereocenters. The number of allylic oxidation sites excluding steroid dienone is 2. The topological polar surface area (TPSA) is 232 Å². The highest BCUT2D eigenvalue weighted by Gasteiger charge is 2.35. The lowest BCUT2D eigenvalue weighted by atomic mass is 9.99. The fourth-order valence-corrected chi connectivity index (χ4v) is 8.04. The molecule has 1 aromatic heterocycles. The van der Waals surface area contributed by atoms with Crippen LogP contribution < -0.4 is 34.9 Å². The van der Waals surface area contributed by atoms with Gasteiger partial charge in [-0.25, -0.2) is 0 Å². The van der Waals surface area contributed by atoms with Crippen LogP contribution in [-0.2, 0) is 35.1 Å². The van der Waals surface area contributed by atoms with Crippen LogP contribution in [0.2, 0.25) is 0 Å². The Kier molecular flexibility index (Phi) is 18.0. The van der Waals surface area contributed by atoms with Crippen molar-refractivity contribution in [2.45, 2.75) is 77.1 Å². The predicted molar refractivity (Wildman–Crippen MR) is 262 cm³/mol. The van der Waals surface area contributed by atoms with Crippen LogP contribution in [0.5, 0.6) is 28.7 Å². The third-order valence-electron chi connectivity index (χ3n) is 11.9. The van der Waals surface area contributed by atoms with Gasteiger partial charge in [-0.05, 0) is 86.7 Å². The predicted octanol–water partition coefficient (Wildman–Crippen LogP) is 7.31. The number of rotatable bonds is 13. The van der Waals surface area contributed by atoms with E-state index in [-0.39, 0.29) is 25.1 Å². The molecule has 5 aromatic rings. The van der Waals surface area contributed by atoms with E-state index in [0.29, 0.717) is 59.2 Å². The smallest absolute Gasteiger partial charge is 0.308 e. The van der Waals surface area contributed by atoms with Crippen molar-refractivity contribution in [2.75, 3.05) is 41.5 Å². The number of azo groups is 1. The Labute approximate surface area is 406 Å². The van der Waals surface area contributed by atoms with Gasteiger partial charge in [0.25, 0.3) is 5.91 Å². The highest BCUT2D eigenvalue weighted by Crippen LogP contribution is 2.41. The maximum Gasteiger partial charge on any atom is 0.308 e. The summed E-state index contributed by atoms with van der Waals surface area (Å²) < 4.78 is 27.7. The van der Waals surface area contributed by atoms with E-state index in [1.807, 2.05) is 37.3 Å². The molecule has 0 spiro atoms. The van der Waals surface area contributed by atoms with E-state index in [1.54, 1.807) is 68.6 Å². The van der Waals surface area contributed by atoms with Crippen LogP contribution in [0.25, 0.3) is 10.9 Å². The number of cyclic esters (lactones) is 1. The zero-order valence-electron chi connectivity index (χ0n) is 40.4. The van der Waals surface area contributed by atoms with E-state index in [9.17, 15) is 29.1 Å². The van der Waals surface area contributed by atoms with Gasteiger partial charge in [0.2, 0.25) is 23.5 Å². The molecule has 2 heterocycles. The number of ether oxygens (including phenoxy) is 5.